The van der Waals surface area contributed by atoms with Gasteiger partial charge in [-0.15, -0.1) is 0 Å². The molecular formula is C15H21N3O3. The van der Waals surface area contributed by atoms with Gasteiger partial charge in [0, 0.05) is 32.4 Å². The Morgan fingerprint density at radius 3 is 2.95 bits per heavy atom. The molecule has 1 aromatic heterocycles. The quantitative estimate of drug-likeness (QED) is 0.826. The smallest absolute Gasteiger partial charge is 0.222 e. The van der Waals surface area contributed by atoms with Gasteiger partial charge in [-0.3, -0.25) is 14.6 Å². The molecule has 0 aromatic carbocycles. The summed E-state index contributed by atoms with van der Waals surface area (Å²) in [6, 6.07) is 3.69. The molecular weight excluding hydrogens is 270 g/mol. The molecule has 0 radical (unpaired) electrons. The normalized spacial score (nSPS) is 21.3. The van der Waals surface area contributed by atoms with E-state index >= 15 is 0 Å². The van der Waals surface area contributed by atoms with Crippen LogP contribution in [0.4, 0.5) is 0 Å². The molecule has 0 unspecified atom stereocenters. The molecule has 1 aromatic rings. The number of aliphatic hydroxyl groups is 1. The number of rotatable bonds is 5. The summed E-state index contributed by atoms with van der Waals surface area (Å²) < 4.78 is 0. The van der Waals surface area contributed by atoms with Gasteiger partial charge in [0.05, 0.1) is 18.6 Å². The predicted octanol–water partition coefficient (Wildman–Crippen LogP) is 0.461. The molecule has 1 aliphatic heterocycles. The van der Waals surface area contributed by atoms with Gasteiger partial charge in [-0.25, -0.2) is 0 Å². The van der Waals surface area contributed by atoms with E-state index in [1.807, 2.05) is 12.1 Å². The van der Waals surface area contributed by atoms with Crippen molar-refractivity contribution in [1.29, 1.82) is 0 Å². The lowest BCUT2D eigenvalue weighted by molar-refractivity contribution is -0.137. The van der Waals surface area contributed by atoms with Crippen LogP contribution in [0.15, 0.2) is 24.5 Å². The zero-order valence-electron chi connectivity index (χ0n) is 12.2. The molecule has 0 aliphatic carbocycles. The number of aromatic nitrogens is 1. The summed E-state index contributed by atoms with van der Waals surface area (Å²) in [6.45, 7) is 2.29. The molecule has 2 heterocycles. The van der Waals surface area contributed by atoms with E-state index < -0.39 is 5.54 Å². The summed E-state index contributed by atoms with van der Waals surface area (Å²) in [5.41, 5.74) is 0.170. The molecule has 1 aliphatic rings. The van der Waals surface area contributed by atoms with E-state index in [9.17, 15) is 14.7 Å². The fourth-order valence-electron chi connectivity index (χ4n) is 2.90. The summed E-state index contributed by atoms with van der Waals surface area (Å²) in [5, 5.41) is 12.5. The third-order valence-corrected chi connectivity index (χ3v) is 3.97. The molecule has 114 valence electrons. The van der Waals surface area contributed by atoms with Crippen LogP contribution in [-0.4, -0.2) is 45.5 Å². The van der Waals surface area contributed by atoms with Crippen molar-refractivity contribution >= 4 is 11.8 Å². The minimum absolute atomic E-state index is 0.0957. The average molecular weight is 291 g/mol. The van der Waals surface area contributed by atoms with Crippen molar-refractivity contribution in [2.45, 2.75) is 38.3 Å². The first kappa shape index (κ1) is 15.4. The summed E-state index contributed by atoms with van der Waals surface area (Å²) in [7, 11) is 0. The molecule has 2 N–H and O–H groups in total. The predicted molar refractivity (Wildman–Crippen MR) is 77.1 cm³/mol. The van der Waals surface area contributed by atoms with Gasteiger partial charge in [-0.05, 0) is 24.5 Å². The summed E-state index contributed by atoms with van der Waals surface area (Å²) >= 11 is 0. The van der Waals surface area contributed by atoms with Gasteiger partial charge in [-0.1, -0.05) is 6.07 Å². The van der Waals surface area contributed by atoms with Crippen LogP contribution in [-0.2, 0) is 16.1 Å². The Labute approximate surface area is 124 Å². The topological polar surface area (TPSA) is 82.5 Å². The summed E-state index contributed by atoms with van der Waals surface area (Å²) in [5.74, 6) is -0.261. The molecule has 2 rings (SSSR count). The maximum absolute atomic E-state index is 12.1. The Hall–Kier alpha value is -1.95. The van der Waals surface area contributed by atoms with Gasteiger partial charge in [0.15, 0.2) is 0 Å². The third kappa shape index (κ3) is 3.58. The van der Waals surface area contributed by atoms with Crippen LogP contribution in [0.5, 0.6) is 0 Å². The van der Waals surface area contributed by atoms with E-state index in [-0.39, 0.29) is 24.8 Å². The van der Waals surface area contributed by atoms with Crippen LogP contribution in [0, 0.1) is 0 Å². The number of carbonyl (C=O) groups excluding carboxylic acids is 2. The van der Waals surface area contributed by atoms with E-state index in [2.05, 4.69) is 10.3 Å². The van der Waals surface area contributed by atoms with Gasteiger partial charge < -0.3 is 15.3 Å². The number of nitrogens with zero attached hydrogens (tertiary/aromatic N) is 2. The first-order valence-corrected chi connectivity index (χ1v) is 7.12. The van der Waals surface area contributed by atoms with Gasteiger partial charge in [0.25, 0.3) is 0 Å². The molecule has 6 heteroatoms. The Balaban J connectivity index is 1.95. The molecule has 6 nitrogen and oxygen atoms in total. The molecule has 1 atom stereocenters. The van der Waals surface area contributed by atoms with Crippen molar-refractivity contribution in [3.63, 3.8) is 0 Å². The van der Waals surface area contributed by atoms with Crippen molar-refractivity contribution in [3.05, 3.63) is 30.1 Å². The number of likely N-dealkylation sites (tertiary alicyclic amines) is 1. The van der Waals surface area contributed by atoms with Crippen LogP contribution in [0.25, 0.3) is 0 Å². The molecule has 0 saturated carbocycles. The highest BCUT2D eigenvalue weighted by molar-refractivity contribution is 5.80. The van der Waals surface area contributed by atoms with Gasteiger partial charge in [-0.2, -0.15) is 0 Å². The van der Waals surface area contributed by atoms with Crippen molar-refractivity contribution < 1.29 is 14.7 Å². The second-order valence-electron chi connectivity index (χ2n) is 5.47. The molecule has 0 bridgehead atoms. The monoisotopic (exact) mass is 291 g/mol. The zero-order chi connectivity index (χ0) is 15.3. The Bertz CT molecular complexity index is 506. The molecule has 0 spiro atoms. The fourth-order valence-corrected chi connectivity index (χ4v) is 2.90. The molecule has 1 fully saturated rings. The second kappa shape index (κ2) is 6.67. The highest BCUT2D eigenvalue weighted by Gasteiger charge is 2.43. The van der Waals surface area contributed by atoms with Crippen LogP contribution in [0.3, 0.4) is 0 Å². The molecule has 1 saturated heterocycles. The Morgan fingerprint density at radius 2 is 2.33 bits per heavy atom. The van der Waals surface area contributed by atoms with Gasteiger partial charge >= 0.3 is 0 Å². The number of nitrogens with one attached hydrogen (secondary N) is 1. The average Bonchev–Trinajstić information content (AvgIpc) is 2.90. The number of amides is 2. The first-order valence-electron chi connectivity index (χ1n) is 7.12. The van der Waals surface area contributed by atoms with Crippen molar-refractivity contribution in [2.24, 2.45) is 0 Å². The maximum atomic E-state index is 12.1. The maximum Gasteiger partial charge on any atom is 0.222 e. The van der Waals surface area contributed by atoms with Crippen molar-refractivity contribution in [2.75, 3.05) is 13.2 Å². The number of carbonyl (C=O) groups is 2. The largest absolute Gasteiger partial charge is 0.394 e. The van der Waals surface area contributed by atoms with E-state index in [0.717, 1.165) is 12.0 Å². The Morgan fingerprint density at radius 1 is 1.52 bits per heavy atom. The van der Waals surface area contributed by atoms with Crippen LogP contribution in [0.1, 0.15) is 31.7 Å². The lowest BCUT2D eigenvalue weighted by Gasteiger charge is -2.36. The second-order valence-corrected chi connectivity index (χ2v) is 5.47. The minimum atomic E-state index is -0.745. The van der Waals surface area contributed by atoms with E-state index in [0.29, 0.717) is 19.5 Å². The van der Waals surface area contributed by atoms with Crippen molar-refractivity contribution in [3.8, 4) is 0 Å². The highest BCUT2D eigenvalue weighted by Crippen LogP contribution is 2.32. The fraction of sp³-hybridized carbons (Fsp3) is 0.533. The standard InChI is InChI=1S/C15H21N3O3/c1-12(20)18-7-3-5-15(18,11-19)8-14(21)17-10-13-4-2-6-16-9-13/h2,4,6,9,19H,3,5,7-8,10-11H2,1H3,(H,17,21)/t15-/m1/s1. The SMILES string of the molecule is CC(=O)N1CCC[C@]1(CO)CC(=O)NCc1cccnc1. The number of hydrogen-bond acceptors (Lipinski definition) is 4. The lowest BCUT2D eigenvalue weighted by atomic mass is 9.92. The minimum Gasteiger partial charge on any atom is -0.394 e. The van der Waals surface area contributed by atoms with Crippen LogP contribution >= 0.6 is 0 Å². The third-order valence-electron chi connectivity index (χ3n) is 3.97. The number of aliphatic hydroxyl groups excluding tert-OH is 1. The number of pyridine rings is 1. The van der Waals surface area contributed by atoms with E-state index in [1.54, 1.807) is 17.3 Å². The van der Waals surface area contributed by atoms with Crippen LogP contribution < -0.4 is 5.32 Å². The number of hydrogen-bond donors (Lipinski definition) is 2. The van der Waals surface area contributed by atoms with E-state index in [4.69, 9.17) is 0 Å². The van der Waals surface area contributed by atoms with Crippen LogP contribution in [0.2, 0.25) is 0 Å². The zero-order valence-corrected chi connectivity index (χ0v) is 12.2. The Kier molecular flexibility index (Phi) is 4.90. The highest BCUT2D eigenvalue weighted by atomic mass is 16.3. The van der Waals surface area contributed by atoms with E-state index in [1.165, 1.54) is 6.92 Å². The first-order chi connectivity index (χ1) is 10.1. The van der Waals surface area contributed by atoms with Crippen molar-refractivity contribution in [1.82, 2.24) is 15.2 Å². The molecule has 21 heavy (non-hydrogen) atoms. The lowest BCUT2D eigenvalue weighted by Crippen LogP contribution is -2.51. The van der Waals surface area contributed by atoms with Gasteiger partial charge in [0.2, 0.25) is 11.8 Å². The summed E-state index contributed by atoms with van der Waals surface area (Å²) in [6.07, 6.45) is 4.97. The van der Waals surface area contributed by atoms with Gasteiger partial charge in [0.1, 0.15) is 0 Å². The molecule has 2 amide bonds. The summed E-state index contributed by atoms with van der Waals surface area (Å²) in [4.78, 5) is 29.4.